The molecule has 0 spiro atoms. The number of nitrogens with one attached hydrogen (secondary N) is 1. The van der Waals surface area contributed by atoms with Gasteiger partial charge in [-0.05, 0) is 35.6 Å². The molecule has 6 rings (SSSR count). The fourth-order valence-electron chi connectivity index (χ4n) is 6.15. The Bertz CT molecular complexity index is 1470. The number of para-hydroxylation sites is 1. The summed E-state index contributed by atoms with van der Waals surface area (Å²) in [5.74, 6) is -0.260. The van der Waals surface area contributed by atoms with Crippen molar-refractivity contribution in [2.24, 2.45) is 0 Å². The van der Waals surface area contributed by atoms with Crippen LogP contribution in [0.15, 0.2) is 72.3 Å². The van der Waals surface area contributed by atoms with Crippen LogP contribution in [0, 0.1) is 0 Å². The molecule has 4 amide bonds. The van der Waals surface area contributed by atoms with Gasteiger partial charge in [-0.25, -0.2) is 9.59 Å². The van der Waals surface area contributed by atoms with Gasteiger partial charge in [-0.2, -0.15) is 5.01 Å². The van der Waals surface area contributed by atoms with Crippen LogP contribution in [-0.4, -0.2) is 89.6 Å². The molecule has 2 atom stereocenters. The summed E-state index contributed by atoms with van der Waals surface area (Å²) in [6.45, 7) is 0.908. The van der Waals surface area contributed by atoms with Crippen molar-refractivity contribution in [2.45, 2.75) is 38.1 Å². The van der Waals surface area contributed by atoms with E-state index in [4.69, 9.17) is 4.74 Å². The first kappa shape index (κ1) is 27.5. The highest BCUT2D eigenvalue weighted by Crippen LogP contribution is 2.37. The van der Waals surface area contributed by atoms with Gasteiger partial charge in [0.1, 0.15) is 18.8 Å². The lowest BCUT2D eigenvalue weighted by Crippen LogP contribution is -2.65. The number of allylic oxidation sites excluding steroid dienone is 2. The number of carbonyl (C=O) groups is 4. The van der Waals surface area contributed by atoms with Crippen molar-refractivity contribution in [1.82, 2.24) is 25.1 Å². The number of hydrogen-bond donors (Lipinski definition) is 1. The quantitative estimate of drug-likeness (QED) is 0.420. The number of anilines is 1. The van der Waals surface area contributed by atoms with Gasteiger partial charge < -0.3 is 24.8 Å². The first-order chi connectivity index (χ1) is 20.3. The van der Waals surface area contributed by atoms with Gasteiger partial charge in [0.2, 0.25) is 11.8 Å². The summed E-state index contributed by atoms with van der Waals surface area (Å²) >= 11 is 0. The number of likely N-dealkylation sites (N-methyl/N-ethyl adjacent to an activating group) is 1. The van der Waals surface area contributed by atoms with Crippen molar-refractivity contribution in [3.8, 4) is 5.75 Å². The highest BCUT2D eigenvalue weighted by Gasteiger charge is 2.52. The zero-order valence-electron chi connectivity index (χ0n) is 23.7. The molecule has 218 valence electrons. The van der Waals surface area contributed by atoms with Crippen LogP contribution in [0.25, 0.3) is 0 Å². The van der Waals surface area contributed by atoms with E-state index in [-0.39, 0.29) is 50.0 Å². The summed E-state index contributed by atoms with van der Waals surface area (Å²) < 4.78 is 5.47. The average molecular weight is 571 g/mol. The highest BCUT2D eigenvalue weighted by molar-refractivity contribution is 5.94. The van der Waals surface area contributed by atoms with E-state index in [0.29, 0.717) is 12.3 Å². The summed E-state index contributed by atoms with van der Waals surface area (Å²) in [6, 6.07) is 13.9. The molecule has 0 radical (unpaired) electrons. The van der Waals surface area contributed by atoms with Crippen molar-refractivity contribution in [2.75, 3.05) is 38.6 Å². The van der Waals surface area contributed by atoms with Gasteiger partial charge in [-0.3, -0.25) is 14.6 Å². The monoisotopic (exact) mass is 570 g/mol. The van der Waals surface area contributed by atoms with Gasteiger partial charge in [-0.1, -0.05) is 60.7 Å². The molecule has 1 aliphatic carbocycles. The molecule has 4 aliphatic rings. The number of amides is 4. The van der Waals surface area contributed by atoms with Crippen LogP contribution in [-0.2, 0) is 27.5 Å². The Balaban J connectivity index is 1.29. The Morgan fingerprint density at radius 1 is 1.05 bits per heavy atom. The molecular weight excluding hydrogens is 536 g/mol. The Kier molecular flexibility index (Phi) is 7.42. The summed E-state index contributed by atoms with van der Waals surface area (Å²) in [7, 11) is 3.47. The van der Waals surface area contributed by atoms with Crippen LogP contribution in [0.5, 0.6) is 5.75 Å². The number of hydrazine groups is 1. The molecule has 3 aliphatic heterocycles. The normalized spacial score (nSPS) is 22.0. The van der Waals surface area contributed by atoms with Crippen LogP contribution < -0.4 is 15.0 Å². The molecule has 42 heavy (non-hydrogen) atoms. The number of carbonyl (C=O) groups excluding carboxylic acids is 4. The fourth-order valence-corrected chi connectivity index (χ4v) is 6.15. The van der Waals surface area contributed by atoms with E-state index in [1.54, 1.807) is 27.9 Å². The van der Waals surface area contributed by atoms with Crippen molar-refractivity contribution >= 4 is 29.5 Å². The minimum Gasteiger partial charge on any atom is -0.423 e. The number of fused-ring (bicyclic) bond motifs is 2. The molecule has 2 fully saturated rings. The standard InChI is InChI=1S/C31H34N6O5/c1-33-20-27(39)42-24-15-9-14-23(28(24)33)17-35-18-25-36(34(2)31(41)32-16-21-10-5-3-6-11-21)19-26(38)37(25)29(30(35)40)22-12-7-4-8-13-22/h3,5-7,9-15,25,29H,4,8,16-20H2,1-2H3,(H,32,41)/t25?,29-/m0/s1. The van der Waals surface area contributed by atoms with Crippen LogP contribution in [0.1, 0.15) is 24.0 Å². The minimum absolute atomic E-state index is 0.0199. The summed E-state index contributed by atoms with van der Waals surface area (Å²) in [5.41, 5.74) is 3.35. The molecule has 11 heteroatoms. The highest BCUT2D eigenvalue weighted by atomic mass is 16.5. The van der Waals surface area contributed by atoms with Gasteiger partial charge >= 0.3 is 12.0 Å². The Morgan fingerprint density at radius 3 is 2.62 bits per heavy atom. The summed E-state index contributed by atoms with van der Waals surface area (Å²) in [5, 5.41) is 6.10. The lowest BCUT2D eigenvalue weighted by molar-refractivity contribution is -0.154. The average Bonchev–Trinajstić information content (AvgIpc) is 3.32. The molecule has 0 saturated carbocycles. The second kappa shape index (κ2) is 11.3. The van der Waals surface area contributed by atoms with E-state index in [9.17, 15) is 19.2 Å². The maximum atomic E-state index is 14.1. The van der Waals surface area contributed by atoms with E-state index in [2.05, 4.69) is 5.32 Å². The van der Waals surface area contributed by atoms with Crippen molar-refractivity contribution in [1.29, 1.82) is 0 Å². The van der Waals surface area contributed by atoms with Crippen molar-refractivity contribution < 1.29 is 23.9 Å². The maximum Gasteiger partial charge on any atom is 0.332 e. The van der Waals surface area contributed by atoms with E-state index >= 15 is 0 Å². The Labute approximate surface area is 244 Å². The first-order valence-corrected chi connectivity index (χ1v) is 14.1. The molecule has 1 N–H and O–H groups in total. The maximum absolute atomic E-state index is 14.1. The van der Waals surface area contributed by atoms with Crippen LogP contribution in [0.4, 0.5) is 10.5 Å². The predicted octanol–water partition coefficient (Wildman–Crippen LogP) is 2.26. The zero-order chi connectivity index (χ0) is 29.4. The third kappa shape index (κ3) is 5.11. The van der Waals surface area contributed by atoms with E-state index in [0.717, 1.165) is 35.2 Å². The molecule has 1 unspecified atom stereocenters. The van der Waals surface area contributed by atoms with Gasteiger partial charge in [0, 0.05) is 27.2 Å². The number of urea groups is 1. The number of rotatable bonds is 6. The third-order valence-corrected chi connectivity index (χ3v) is 8.18. The number of piperazine rings is 1. The van der Waals surface area contributed by atoms with E-state index in [1.165, 1.54) is 5.01 Å². The second-order valence-electron chi connectivity index (χ2n) is 10.9. The first-order valence-electron chi connectivity index (χ1n) is 14.1. The molecule has 2 saturated heterocycles. The second-order valence-corrected chi connectivity index (χ2v) is 10.9. The molecular formula is C31H34N6O5. The lowest BCUT2D eigenvalue weighted by atomic mass is 9.95. The topological polar surface area (TPSA) is 106 Å². The lowest BCUT2D eigenvalue weighted by Gasteiger charge is -2.46. The van der Waals surface area contributed by atoms with Gasteiger partial charge in [-0.15, -0.1) is 0 Å². The van der Waals surface area contributed by atoms with E-state index in [1.807, 2.05) is 72.6 Å². The Morgan fingerprint density at radius 2 is 1.86 bits per heavy atom. The van der Waals surface area contributed by atoms with Crippen molar-refractivity contribution in [3.05, 3.63) is 83.5 Å². The molecule has 0 bridgehead atoms. The van der Waals surface area contributed by atoms with Gasteiger partial charge in [0.25, 0.3) is 0 Å². The van der Waals surface area contributed by atoms with Gasteiger partial charge in [0.15, 0.2) is 5.75 Å². The van der Waals surface area contributed by atoms with Crippen LogP contribution in [0.2, 0.25) is 0 Å². The van der Waals surface area contributed by atoms with Gasteiger partial charge in [0.05, 0.1) is 18.8 Å². The number of ether oxygens (including phenoxy) is 1. The van der Waals surface area contributed by atoms with Crippen LogP contribution >= 0.6 is 0 Å². The smallest absolute Gasteiger partial charge is 0.332 e. The van der Waals surface area contributed by atoms with Crippen LogP contribution in [0.3, 0.4) is 0 Å². The number of benzene rings is 2. The molecule has 3 heterocycles. The minimum atomic E-state index is -0.798. The molecule has 11 nitrogen and oxygen atoms in total. The number of esters is 1. The summed E-state index contributed by atoms with van der Waals surface area (Å²) in [4.78, 5) is 58.1. The zero-order valence-corrected chi connectivity index (χ0v) is 23.7. The largest absolute Gasteiger partial charge is 0.423 e. The predicted molar refractivity (Wildman–Crippen MR) is 155 cm³/mol. The third-order valence-electron chi connectivity index (χ3n) is 8.18. The fraction of sp³-hybridized carbons (Fsp3) is 0.355. The number of hydrogen-bond acceptors (Lipinski definition) is 7. The SMILES string of the molecule is CN1CC(=O)Oc2cccc(CN3CC4N(C(=O)CN4N(C)C(=O)NCc4ccccc4)[C@@H](C4=CCCC=C4)C3=O)c21. The molecule has 2 aromatic rings. The Hall–Kier alpha value is -4.64. The number of nitrogens with zero attached hydrogens (tertiary/aromatic N) is 5. The van der Waals surface area contributed by atoms with E-state index < -0.39 is 12.2 Å². The molecule has 2 aromatic carbocycles. The summed E-state index contributed by atoms with van der Waals surface area (Å²) in [6.07, 6.45) is 7.09. The molecule has 0 aromatic heterocycles. The van der Waals surface area contributed by atoms with Crippen molar-refractivity contribution in [3.63, 3.8) is 0 Å².